The fourth-order valence-corrected chi connectivity index (χ4v) is 2.27. The second kappa shape index (κ2) is 5.39. The number of ether oxygens (including phenoxy) is 1. The monoisotopic (exact) mass is 303 g/mol. The lowest BCUT2D eigenvalue weighted by Crippen LogP contribution is -2.27. The van der Waals surface area contributed by atoms with Crippen molar-refractivity contribution in [1.29, 1.82) is 0 Å². The first kappa shape index (κ1) is 12.2. The summed E-state index contributed by atoms with van der Waals surface area (Å²) >= 11 is 9.38. The van der Waals surface area contributed by atoms with E-state index in [1.807, 2.05) is 18.2 Å². The average Bonchev–Trinajstić information content (AvgIpc) is 3.06. The molecule has 4 heteroatoms. The van der Waals surface area contributed by atoms with Crippen molar-refractivity contribution in [2.45, 2.75) is 18.9 Å². The van der Waals surface area contributed by atoms with Crippen LogP contribution in [0.3, 0.4) is 0 Å². The van der Waals surface area contributed by atoms with E-state index in [1.165, 1.54) is 12.8 Å². The van der Waals surface area contributed by atoms with Gasteiger partial charge in [0.05, 0.1) is 17.7 Å². The third-order valence-electron chi connectivity index (χ3n) is 2.81. The van der Waals surface area contributed by atoms with Gasteiger partial charge >= 0.3 is 0 Å². The highest BCUT2D eigenvalue weighted by Gasteiger charge is 2.31. The molecule has 1 saturated carbocycles. The first-order valence-electron chi connectivity index (χ1n) is 5.41. The van der Waals surface area contributed by atoms with Crippen LogP contribution in [0.2, 0.25) is 5.02 Å². The van der Waals surface area contributed by atoms with Gasteiger partial charge in [-0.15, -0.1) is 0 Å². The predicted molar refractivity (Wildman–Crippen MR) is 71.2 cm³/mol. The van der Waals surface area contributed by atoms with E-state index in [9.17, 15) is 0 Å². The van der Waals surface area contributed by atoms with Crippen molar-refractivity contribution in [3.05, 3.63) is 27.7 Å². The Morgan fingerprint density at radius 1 is 1.56 bits per heavy atom. The molecular weight excluding hydrogens is 289 g/mol. The summed E-state index contributed by atoms with van der Waals surface area (Å²) in [6, 6.07) is 6.31. The smallest absolute Gasteiger partial charge is 0.0666 e. The molecule has 1 fully saturated rings. The summed E-state index contributed by atoms with van der Waals surface area (Å²) in [6.07, 6.45) is 2.60. The summed E-state index contributed by atoms with van der Waals surface area (Å²) < 4.78 is 6.15. The molecule has 0 aromatic heterocycles. The number of halogens is 2. The zero-order chi connectivity index (χ0) is 11.5. The lowest BCUT2D eigenvalue weighted by Gasteiger charge is -2.18. The Bertz CT molecular complexity index is 368. The molecule has 1 aliphatic rings. The van der Waals surface area contributed by atoms with Crippen molar-refractivity contribution < 1.29 is 4.74 Å². The Kier molecular flexibility index (Phi) is 4.11. The maximum Gasteiger partial charge on any atom is 0.0666 e. The molecule has 1 aromatic rings. The first-order chi connectivity index (χ1) is 7.70. The molecule has 0 spiro atoms. The fraction of sp³-hybridized carbons (Fsp3) is 0.500. The molecule has 0 aliphatic heterocycles. The van der Waals surface area contributed by atoms with Crippen LogP contribution in [0.4, 0.5) is 5.69 Å². The molecule has 0 radical (unpaired) electrons. The Morgan fingerprint density at radius 2 is 2.31 bits per heavy atom. The van der Waals surface area contributed by atoms with Crippen molar-refractivity contribution in [3.8, 4) is 0 Å². The topological polar surface area (TPSA) is 21.3 Å². The lowest BCUT2D eigenvalue weighted by molar-refractivity contribution is 0.179. The van der Waals surface area contributed by atoms with E-state index < -0.39 is 0 Å². The molecule has 1 aliphatic carbocycles. The second-order valence-electron chi connectivity index (χ2n) is 4.17. The predicted octanol–water partition coefficient (Wildman–Crippen LogP) is 3.94. The fourth-order valence-electron chi connectivity index (χ4n) is 1.77. The van der Waals surface area contributed by atoms with Gasteiger partial charge in [-0.3, -0.25) is 0 Å². The van der Waals surface area contributed by atoms with Gasteiger partial charge in [0, 0.05) is 17.3 Å². The molecule has 2 rings (SSSR count). The minimum Gasteiger partial charge on any atom is -0.383 e. The van der Waals surface area contributed by atoms with Gasteiger partial charge in [0.2, 0.25) is 0 Å². The Balaban J connectivity index is 2.03. The molecular formula is C12H15BrClNO. The molecule has 0 bridgehead atoms. The minimum absolute atomic E-state index is 0.415. The van der Waals surface area contributed by atoms with Crippen LogP contribution in [0.25, 0.3) is 0 Å². The Hall–Kier alpha value is -0.250. The van der Waals surface area contributed by atoms with E-state index in [0.29, 0.717) is 6.04 Å². The van der Waals surface area contributed by atoms with Gasteiger partial charge in [0.25, 0.3) is 0 Å². The van der Waals surface area contributed by atoms with Crippen LogP contribution in [-0.2, 0) is 4.74 Å². The quantitative estimate of drug-likeness (QED) is 0.889. The van der Waals surface area contributed by atoms with Crippen LogP contribution >= 0.6 is 27.5 Å². The third-order valence-corrected chi connectivity index (χ3v) is 4.02. The largest absolute Gasteiger partial charge is 0.383 e. The number of anilines is 1. The number of benzene rings is 1. The van der Waals surface area contributed by atoms with Crippen LogP contribution in [0.1, 0.15) is 12.8 Å². The minimum atomic E-state index is 0.415. The summed E-state index contributed by atoms with van der Waals surface area (Å²) in [5.74, 6) is 0.759. The highest BCUT2D eigenvalue weighted by Crippen LogP contribution is 2.35. The number of methoxy groups -OCH3 is 1. The Labute approximate surface area is 109 Å². The van der Waals surface area contributed by atoms with Gasteiger partial charge in [0.15, 0.2) is 0 Å². The molecule has 1 atom stereocenters. The summed E-state index contributed by atoms with van der Waals surface area (Å²) in [7, 11) is 1.74. The third kappa shape index (κ3) is 3.12. The summed E-state index contributed by atoms with van der Waals surface area (Å²) in [4.78, 5) is 0. The Morgan fingerprint density at radius 3 is 2.88 bits per heavy atom. The van der Waals surface area contributed by atoms with E-state index in [1.54, 1.807) is 7.11 Å². The molecule has 0 saturated heterocycles. The molecule has 1 N–H and O–H groups in total. The lowest BCUT2D eigenvalue weighted by atomic mass is 10.2. The zero-order valence-electron chi connectivity index (χ0n) is 9.17. The zero-order valence-corrected chi connectivity index (χ0v) is 11.5. The van der Waals surface area contributed by atoms with E-state index in [0.717, 1.165) is 27.7 Å². The van der Waals surface area contributed by atoms with Crippen molar-refractivity contribution in [2.24, 2.45) is 5.92 Å². The van der Waals surface area contributed by atoms with Crippen LogP contribution in [0, 0.1) is 5.92 Å². The molecule has 1 unspecified atom stereocenters. The number of nitrogens with one attached hydrogen (secondary N) is 1. The van der Waals surface area contributed by atoms with Gasteiger partial charge in [-0.1, -0.05) is 11.6 Å². The van der Waals surface area contributed by atoms with Crippen LogP contribution < -0.4 is 5.32 Å². The van der Waals surface area contributed by atoms with Crippen LogP contribution in [0.5, 0.6) is 0 Å². The van der Waals surface area contributed by atoms with Gasteiger partial charge < -0.3 is 10.1 Å². The van der Waals surface area contributed by atoms with E-state index in [-0.39, 0.29) is 0 Å². The summed E-state index contributed by atoms with van der Waals surface area (Å²) in [5, 5.41) is 4.23. The summed E-state index contributed by atoms with van der Waals surface area (Å²) in [5.41, 5.74) is 1.09. The molecule has 0 amide bonds. The van der Waals surface area contributed by atoms with Crippen molar-refractivity contribution in [2.75, 3.05) is 19.0 Å². The molecule has 0 heterocycles. The normalized spacial score (nSPS) is 17.2. The van der Waals surface area contributed by atoms with Crippen LogP contribution in [-0.4, -0.2) is 19.8 Å². The standard InChI is InChI=1S/C12H15BrClNO/c1-16-7-12(8-2-3-8)15-9-4-5-11(14)10(13)6-9/h4-6,8,12,15H,2-3,7H2,1H3. The van der Waals surface area contributed by atoms with Crippen LogP contribution in [0.15, 0.2) is 22.7 Å². The molecule has 88 valence electrons. The molecule has 16 heavy (non-hydrogen) atoms. The SMILES string of the molecule is COCC(Nc1ccc(Cl)c(Br)c1)C1CC1. The number of rotatable bonds is 5. The number of hydrogen-bond acceptors (Lipinski definition) is 2. The second-order valence-corrected chi connectivity index (χ2v) is 5.43. The highest BCUT2D eigenvalue weighted by atomic mass is 79.9. The molecule has 1 aromatic carbocycles. The van der Waals surface area contributed by atoms with Gasteiger partial charge in [-0.25, -0.2) is 0 Å². The van der Waals surface area contributed by atoms with Gasteiger partial charge in [0.1, 0.15) is 0 Å². The maximum absolute atomic E-state index is 5.95. The first-order valence-corrected chi connectivity index (χ1v) is 6.58. The van der Waals surface area contributed by atoms with Gasteiger partial charge in [-0.2, -0.15) is 0 Å². The molecule has 2 nitrogen and oxygen atoms in total. The van der Waals surface area contributed by atoms with E-state index in [4.69, 9.17) is 16.3 Å². The van der Waals surface area contributed by atoms with Crippen molar-refractivity contribution in [3.63, 3.8) is 0 Å². The maximum atomic E-state index is 5.95. The van der Waals surface area contributed by atoms with Crippen molar-refractivity contribution in [1.82, 2.24) is 0 Å². The summed E-state index contributed by atoms with van der Waals surface area (Å²) in [6.45, 7) is 0.755. The van der Waals surface area contributed by atoms with Gasteiger partial charge in [-0.05, 0) is 52.9 Å². The number of hydrogen-bond donors (Lipinski definition) is 1. The van der Waals surface area contributed by atoms with E-state index in [2.05, 4.69) is 21.2 Å². The highest BCUT2D eigenvalue weighted by molar-refractivity contribution is 9.10. The van der Waals surface area contributed by atoms with Crippen molar-refractivity contribution >= 4 is 33.2 Å². The average molecular weight is 305 g/mol. The van der Waals surface area contributed by atoms with E-state index >= 15 is 0 Å².